The number of aromatic nitrogens is 3. The van der Waals surface area contributed by atoms with Crippen LogP contribution in [0.25, 0.3) is 33.3 Å². The fourth-order valence-corrected chi connectivity index (χ4v) is 4.86. The number of piperidine rings is 1. The number of ether oxygens (including phenoxy) is 1. The smallest absolute Gasteiger partial charge is 0.258 e. The summed E-state index contributed by atoms with van der Waals surface area (Å²) in [5.41, 5.74) is 3.73. The number of halogens is 1. The standard InChI is InChI=1S/C27H25FN4O3/c28-20-7-8-22-24(17-20)34-30-25(22)18-9-13-32(14-10-18)12-3-15-33-21-5-1-4-19(16-21)26-23-6-2-11-29-27(23)35-31-26/h1-2,4-8,11,16-18H,3,9-10,12-15H2. The lowest BCUT2D eigenvalue weighted by Gasteiger charge is -2.31. The molecule has 0 spiro atoms. The number of fused-ring (bicyclic) bond motifs is 2. The lowest BCUT2D eigenvalue weighted by molar-refractivity contribution is 0.191. The van der Waals surface area contributed by atoms with Gasteiger partial charge in [-0.1, -0.05) is 22.4 Å². The maximum absolute atomic E-state index is 13.4. The van der Waals surface area contributed by atoms with Crippen LogP contribution in [-0.4, -0.2) is 46.4 Å². The predicted molar refractivity (Wildman–Crippen MR) is 130 cm³/mol. The Kier molecular flexibility index (Phi) is 5.88. The van der Waals surface area contributed by atoms with E-state index in [-0.39, 0.29) is 5.82 Å². The summed E-state index contributed by atoms with van der Waals surface area (Å²) in [6.45, 7) is 3.63. The molecule has 5 aromatic rings. The number of pyridine rings is 1. The topological polar surface area (TPSA) is 77.4 Å². The fraction of sp³-hybridized carbons (Fsp3) is 0.296. The van der Waals surface area contributed by atoms with Crippen LogP contribution in [0.4, 0.5) is 4.39 Å². The largest absolute Gasteiger partial charge is 0.494 e. The number of nitrogens with zero attached hydrogens (tertiary/aromatic N) is 4. The molecule has 6 rings (SSSR count). The molecular formula is C27H25FN4O3. The van der Waals surface area contributed by atoms with E-state index in [0.29, 0.717) is 23.8 Å². The third-order valence-corrected chi connectivity index (χ3v) is 6.68. The second-order valence-electron chi connectivity index (χ2n) is 8.94. The average Bonchev–Trinajstić information content (AvgIpc) is 3.51. The molecule has 1 aliphatic heterocycles. The first-order valence-electron chi connectivity index (χ1n) is 12.0. The van der Waals surface area contributed by atoms with Gasteiger partial charge in [-0.05, 0) is 68.8 Å². The summed E-state index contributed by atoms with van der Waals surface area (Å²) >= 11 is 0. The number of rotatable bonds is 7. The van der Waals surface area contributed by atoms with Gasteiger partial charge in [0.05, 0.1) is 17.7 Å². The highest BCUT2D eigenvalue weighted by atomic mass is 19.1. The zero-order valence-corrected chi connectivity index (χ0v) is 19.2. The van der Waals surface area contributed by atoms with Gasteiger partial charge in [0.1, 0.15) is 17.3 Å². The zero-order valence-electron chi connectivity index (χ0n) is 19.2. The minimum atomic E-state index is -0.298. The quantitative estimate of drug-likeness (QED) is 0.276. The Labute approximate surface area is 201 Å². The van der Waals surface area contributed by atoms with Crippen molar-refractivity contribution in [3.05, 3.63) is 72.3 Å². The summed E-state index contributed by atoms with van der Waals surface area (Å²) < 4.78 is 30.1. The molecule has 0 unspecified atom stereocenters. The Balaban J connectivity index is 0.998. The second kappa shape index (κ2) is 9.46. The fourth-order valence-electron chi connectivity index (χ4n) is 4.86. The molecule has 178 valence electrons. The van der Waals surface area contributed by atoms with E-state index < -0.39 is 0 Å². The summed E-state index contributed by atoms with van der Waals surface area (Å²) in [7, 11) is 0. The highest BCUT2D eigenvalue weighted by Crippen LogP contribution is 2.33. The van der Waals surface area contributed by atoms with Gasteiger partial charge in [-0.25, -0.2) is 9.37 Å². The molecule has 35 heavy (non-hydrogen) atoms. The number of hydrogen-bond donors (Lipinski definition) is 0. The number of likely N-dealkylation sites (tertiary alicyclic amines) is 1. The van der Waals surface area contributed by atoms with Crippen LogP contribution >= 0.6 is 0 Å². The van der Waals surface area contributed by atoms with Crippen LogP contribution in [-0.2, 0) is 0 Å². The molecule has 0 amide bonds. The highest BCUT2D eigenvalue weighted by molar-refractivity contribution is 5.89. The Morgan fingerprint density at radius 2 is 1.89 bits per heavy atom. The summed E-state index contributed by atoms with van der Waals surface area (Å²) in [5.74, 6) is 0.864. The van der Waals surface area contributed by atoms with Crippen molar-refractivity contribution in [2.45, 2.75) is 25.2 Å². The molecule has 1 saturated heterocycles. The Hall–Kier alpha value is -3.78. The first-order valence-corrected chi connectivity index (χ1v) is 12.0. The minimum absolute atomic E-state index is 0.298. The summed E-state index contributed by atoms with van der Waals surface area (Å²) in [4.78, 5) is 6.67. The normalized spacial score (nSPS) is 15.2. The maximum atomic E-state index is 13.4. The third kappa shape index (κ3) is 4.49. The van der Waals surface area contributed by atoms with Crippen molar-refractivity contribution < 1.29 is 18.2 Å². The van der Waals surface area contributed by atoms with Gasteiger partial charge in [0.2, 0.25) is 0 Å². The van der Waals surface area contributed by atoms with Crippen LogP contribution in [0.15, 0.2) is 69.8 Å². The van der Waals surface area contributed by atoms with E-state index in [9.17, 15) is 4.39 Å². The molecule has 1 aliphatic rings. The van der Waals surface area contributed by atoms with Gasteiger partial charge in [0.25, 0.3) is 5.71 Å². The molecule has 0 bridgehead atoms. The summed E-state index contributed by atoms with van der Waals surface area (Å²) in [5, 5.41) is 10.2. The third-order valence-electron chi connectivity index (χ3n) is 6.68. The Bertz CT molecular complexity index is 1460. The number of hydrogen-bond acceptors (Lipinski definition) is 7. The van der Waals surface area contributed by atoms with E-state index in [2.05, 4.69) is 20.2 Å². The molecule has 0 saturated carbocycles. The van der Waals surface area contributed by atoms with Crippen LogP contribution < -0.4 is 4.74 Å². The van der Waals surface area contributed by atoms with Crippen LogP contribution in [0, 0.1) is 5.82 Å². The molecule has 8 heteroatoms. The predicted octanol–water partition coefficient (Wildman–Crippen LogP) is 5.82. The molecule has 7 nitrogen and oxygen atoms in total. The van der Waals surface area contributed by atoms with Crippen LogP contribution in [0.5, 0.6) is 5.75 Å². The Morgan fingerprint density at radius 3 is 2.80 bits per heavy atom. The van der Waals surface area contributed by atoms with Crippen molar-refractivity contribution in [3.8, 4) is 17.0 Å². The summed E-state index contributed by atoms with van der Waals surface area (Å²) in [6.07, 6.45) is 4.67. The van der Waals surface area contributed by atoms with Gasteiger partial charge >= 0.3 is 0 Å². The molecule has 2 aromatic carbocycles. The zero-order chi connectivity index (χ0) is 23.6. The van der Waals surface area contributed by atoms with E-state index in [4.69, 9.17) is 13.8 Å². The van der Waals surface area contributed by atoms with E-state index in [1.54, 1.807) is 12.3 Å². The Morgan fingerprint density at radius 1 is 0.971 bits per heavy atom. The molecule has 0 atom stereocenters. The molecule has 3 aromatic heterocycles. The van der Waals surface area contributed by atoms with Gasteiger partial charge in [0.15, 0.2) is 5.58 Å². The maximum Gasteiger partial charge on any atom is 0.258 e. The SMILES string of the molecule is Fc1ccc2c(C3CCN(CCCOc4cccc(-c5noc6ncccc56)c4)CC3)noc2c1. The number of benzene rings is 2. The van der Waals surface area contributed by atoms with Gasteiger partial charge < -0.3 is 18.7 Å². The molecular weight excluding hydrogens is 447 g/mol. The van der Waals surface area contributed by atoms with Crippen molar-refractivity contribution in [1.29, 1.82) is 0 Å². The van der Waals surface area contributed by atoms with Gasteiger partial charge in [-0.2, -0.15) is 0 Å². The minimum Gasteiger partial charge on any atom is -0.494 e. The molecule has 0 aliphatic carbocycles. The van der Waals surface area contributed by atoms with Crippen LogP contribution in [0.3, 0.4) is 0 Å². The van der Waals surface area contributed by atoms with Crippen molar-refractivity contribution in [2.75, 3.05) is 26.2 Å². The summed E-state index contributed by atoms with van der Waals surface area (Å²) in [6, 6.07) is 16.4. The van der Waals surface area contributed by atoms with Gasteiger partial charge in [-0.15, -0.1) is 0 Å². The van der Waals surface area contributed by atoms with E-state index in [0.717, 1.165) is 72.4 Å². The highest BCUT2D eigenvalue weighted by Gasteiger charge is 2.25. The van der Waals surface area contributed by atoms with Gasteiger partial charge in [0, 0.05) is 35.7 Å². The van der Waals surface area contributed by atoms with E-state index in [1.165, 1.54) is 12.1 Å². The lowest BCUT2D eigenvalue weighted by Crippen LogP contribution is -2.34. The second-order valence-corrected chi connectivity index (χ2v) is 8.94. The van der Waals surface area contributed by atoms with Crippen molar-refractivity contribution in [2.24, 2.45) is 0 Å². The monoisotopic (exact) mass is 472 g/mol. The van der Waals surface area contributed by atoms with Crippen LogP contribution in [0.2, 0.25) is 0 Å². The average molecular weight is 473 g/mol. The lowest BCUT2D eigenvalue weighted by atomic mass is 9.91. The molecule has 0 radical (unpaired) electrons. The molecule has 0 N–H and O–H groups in total. The van der Waals surface area contributed by atoms with Crippen molar-refractivity contribution >= 4 is 22.1 Å². The molecule has 4 heterocycles. The van der Waals surface area contributed by atoms with Crippen molar-refractivity contribution in [3.63, 3.8) is 0 Å². The van der Waals surface area contributed by atoms with E-state index >= 15 is 0 Å². The first kappa shape index (κ1) is 21.7. The van der Waals surface area contributed by atoms with Crippen LogP contribution in [0.1, 0.15) is 30.9 Å². The van der Waals surface area contributed by atoms with E-state index in [1.807, 2.05) is 36.4 Å². The molecule has 1 fully saturated rings. The van der Waals surface area contributed by atoms with Gasteiger partial charge in [-0.3, -0.25) is 0 Å². The first-order chi connectivity index (χ1) is 17.2. The van der Waals surface area contributed by atoms with Crippen molar-refractivity contribution in [1.82, 2.24) is 20.2 Å².